The monoisotopic (exact) mass is 313 g/mol. The Morgan fingerprint density at radius 2 is 2.00 bits per heavy atom. The SMILES string of the molecule is O=C(OCCCc1cccnc1)C1(c2ccc(F)cc2)CCC1. The molecule has 0 unspecified atom stereocenters. The summed E-state index contributed by atoms with van der Waals surface area (Å²) in [7, 11) is 0. The molecule has 0 spiro atoms. The normalized spacial score (nSPS) is 15.7. The summed E-state index contributed by atoms with van der Waals surface area (Å²) in [5, 5.41) is 0. The van der Waals surface area contributed by atoms with Gasteiger partial charge >= 0.3 is 5.97 Å². The van der Waals surface area contributed by atoms with Crippen LogP contribution >= 0.6 is 0 Å². The number of ether oxygens (including phenoxy) is 1. The fraction of sp³-hybridized carbons (Fsp3) is 0.368. The minimum atomic E-state index is -0.567. The van der Waals surface area contributed by atoms with Crippen LogP contribution in [-0.4, -0.2) is 17.6 Å². The van der Waals surface area contributed by atoms with E-state index >= 15 is 0 Å². The fourth-order valence-electron chi connectivity index (χ4n) is 3.04. The van der Waals surface area contributed by atoms with Gasteiger partial charge in [0.15, 0.2) is 0 Å². The molecule has 1 aliphatic rings. The molecule has 1 saturated carbocycles. The van der Waals surface area contributed by atoms with Crippen molar-refractivity contribution in [2.24, 2.45) is 0 Å². The van der Waals surface area contributed by atoms with Crippen LogP contribution in [0.2, 0.25) is 0 Å². The van der Waals surface area contributed by atoms with Gasteiger partial charge in [0.1, 0.15) is 5.82 Å². The summed E-state index contributed by atoms with van der Waals surface area (Å²) < 4.78 is 18.6. The second kappa shape index (κ2) is 6.90. The maximum Gasteiger partial charge on any atom is 0.316 e. The number of carbonyl (C=O) groups excluding carboxylic acids is 1. The average molecular weight is 313 g/mol. The minimum absolute atomic E-state index is 0.179. The first-order valence-corrected chi connectivity index (χ1v) is 8.03. The highest BCUT2D eigenvalue weighted by Crippen LogP contribution is 2.44. The molecular weight excluding hydrogens is 293 g/mol. The Morgan fingerprint density at radius 1 is 1.22 bits per heavy atom. The predicted molar refractivity (Wildman–Crippen MR) is 85.4 cm³/mol. The van der Waals surface area contributed by atoms with Gasteiger partial charge in [-0.25, -0.2) is 4.39 Å². The Labute approximate surface area is 135 Å². The van der Waals surface area contributed by atoms with Crippen molar-refractivity contribution in [1.29, 1.82) is 0 Å². The molecule has 0 amide bonds. The van der Waals surface area contributed by atoms with E-state index < -0.39 is 5.41 Å². The number of aryl methyl sites for hydroxylation is 1. The molecule has 0 bridgehead atoms. The van der Waals surface area contributed by atoms with Gasteiger partial charge in [-0.2, -0.15) is 0 Å². The van der Waals surface area contributed by atoms with Crippen LogP contribution in [0.15, 0.2) is 48.8 Å². The molecule has 1 aromatic heterocycles. The summed E-state index contributed by atoms with van der Waals surface area (Å²) in [5.74, 6) is -0.463. The number of carbonyl (C=O) groups is 1. The van der Waals surface area contributed by atoms with Gasteiger partial charge < -0.3 is 4.74 Å². The number of pyridine rings is 1. The highest BCUT2D eigenvalue weighted by molar-refractivity contribution is 5.84. The van der Waals surface area contributed by atoms with Gasteiger partial charge in [0.25, 0.3) is 0 Å². The van der Waals surface area contributed by atoms with E-state index in [1.807, 2.05) is 18.3 Å². The van der Waals surface area contributed by atoms with E-state index in [1.54, 1.807) is 18.3 Å². The zero-order valence-electron chi connectivity index (χ0n) is 13.0. The number of aromatic nitrogens is 1. The van der Waals surface area contributed by atoms with Crippen molar-refractivity contribution in [3.05, 3.63) is 65.7 Å². The first-order chi connectivity index (χ1) is 11.2. The molecule has 1 fully saturated rings. The summed E-state index contributed by atoms with van der Waals surface area (Å²) in [5.41, 5.74) is 1.44. The quantitative estimate of drug-likeness (QED) is 0.601. The van der Waals surface area contributed by atoms with Crippen LogP contribution in [0.3, 0.4) is 0 Å². The molecule has 0 N–H and O–H groups in total. The third kappa shape index (κ3) is 3.41. The van der Waals surface area contributed by atoms with E-state index in [0.29, 0.717) is 6.61 Å². The first-order valence-electron chi connectivity index (χ1n) is 8.03. The van der Waals surface area contributed by atoms with Gasteiger partial charge in [-0.1, -0.05) is 24.6 Å². The summed E-state index contributed by atoms with van der Waals surface area (Å²) in [6.45, 7) is 0.399. The van der Waals surface area contributed by atoms with Crippen LogP contribution in [0.25, 0.3) is 0 Å². The molecule has 23 heavy (non-hydrogen) atoms. The third-order valence-corrected chi connectivity index (χ3v) is 4.56. The number of esters is 1. The van der Waals surface area contributed by atoms with Crippen molar-refractivity contribution in [1.82, 2.24) is 4.98 Å². The Kier molecular flexibility index (Phi) is 4.70. The van der Waals surface area contributed by atoms with Crippen molar-refractivity contribution >= 4 is 5.97 Å². The van der Waals surface area contributed by atoms with E-state index in [9.17, 15) is 9.18 Å². The summed E-state index contributed by atoms with van der Waals surface area (Å²) >= 11 is 0. The third-order valence-electron chi connectivity index (χ3n) is 4.56. The van der Waals surface area contributed by atoms with Crippen LogP contribution in [0, 0.1) is 5.82 Å². The lowest BCUT2D eigenvalue weighted by Gasteiger charge is -2.39. The molecular formula is C19H20FNO2. The van der Waals surface area contributed by atoms with Crippen molar-refractivity contribution in [2.75, 3.05) is 6.61 Å². The van der Waals surface area contributed by atoms with Crippen LogP contribution in [0.5, 0.6) is 0 Å². The number of hydrogen-bond acceptors (Lipinski definition) is 3. The molecule has 3 rings (SSSR count). The van der Waals surface area contributed by atoms with Gasteiger partial charge in [0.05, 0.1) is 12.0 Å². The maximum atomic E-state index is 13.1. The lowest BCUT2D eigenvalue weighted by Crippen LogP contribution is -2.43. The van der Waals surface area contributed by atoms with E-state index in [-0.39, 0.29) is 11.8 Å². The summed E-state index contributed by atoms with van der Waals surface area (Å²) in [6.07, 6.45) is 7.74. The number of nitrogens with zero attached hydrogens (tertiary/aromatic N) is 1. The molecule has 0 atom stereocenters. The number of benzene rings is 1. The zero-order valence-corrected chi connectivity index (χ0v) is 13.0. The van der Waals surface area contributed by atoms with Crippen LogP contribution in [0.4, 0.5) is 4.39 Å². The second-order valence-electron chi connectivity index (χ2n) is 6.04. The molecule has 4 heteroatoms. The summed E-state index contributed by atoms with van der Waals surface area (Å²) in [6, 6.07) is 10.1. The Balaban J connectivity index is 1.55. The molecule has 0 saturated heterocycles. The zero-order chi connectivity index (χ0) is 16.1. The Morgan fingerprint density at radius 3 is 2.61 bits per heavy atom. The number of halogens is 1. The molecule has 0 radical (unpaired) electrons. The van der Waals surface area contributed by atoms with Gasteiger partial charge in [0.2, 0.25) is 0 Å². The fourth-order valence-corrected chi connectivity index (χ4v) is 3.04. The van der Waals surface area contributed by atoms with Crippen molar-refractivity contribution in [3.8, 4) is 0 Å². The van der Waals surface area contributed by atoms with E-state index in [2.05, 4.69) is 4.98 Å². The largest absolute Gasteiger partial charge is 0.465 e. The van der Waals surface area contributed by atoms with Crippen LogP contribution in [0.1, 0.15) is 36.8 Å². The maximum absolute atomic E-state index is 13.1. The molecule has 1 aliphatic carbocycles. The van der Waals surface area contributed by atoms with Gasteiger partial charge in [-0.3, -0.25) is 9.78 Å². The van der Waals surface area contributed by atoms with Crippen molar-refractivity contribution in [3.63, 3.8) is 0 Å². The highest BCUT2D eigenvalue weighted by atomic mass is 19.1. The Bertz CT molecular complexity index is 651. The van der Waals surface area contributed by atoms with Crippen molar-refractivity contribution in [2.45, 2.75) is 37.5 Å². The van der Waals surface area contributed by atoms with Gasteiger partial charge in [-0.15, -0.1) is 0 Å². The van der Waals surface area contributed by atoms with Gasteiger partial charge in [-0.05, 0) is 55.0 Å². The molecule has 1 heterocycles. The Hall–Kier alpha value is -2.23. The average Bonchev–Trinajstić information content (AvgIpc) is 2.53. The summed E-state index contributed by atoms with van der Waals surface area (Å²) in [4.78, 5) is 16.6. The number of hydrogen-bond donors (Lipinski definition) is 0. The van der Waals surface area contributed by atoms with E-state index in [4.69, 9.17) is 4.74 Å². The standard InChI is InChI=1S/C19H20FNO2/c20-17-8-6-16(7-9-17)19(10-3-11-19)18(22)23-13-2-5-15-4-1-12-21-14-15/h1,4,6-9,12,14H,2-3,5,10-11,13H2. The lowest BCUT2D eigenvalue weighted by atomic mass is 9.64. The lowest BCUT2D eigenvalue weighted by molar-refractivity contribution is -0.154. The second-order valence-corrected chi connectivity index (χ2v) is 6.04. The topological polar surface area (TPSA) is 39.2 Å². The van der Waals surface area contributed by atoms with E-state index in [1.165, 1.54) is 12.1 Å². The highest BCUT2D eigenvalue weighted by Gasteiger charge is 2.47. The molecule has 3 nitrogen and oxygen atoms in total. The molecule has 120 valence electrons. The molecule has 1 aromatic carbocycles. The van der Waals surface area contributed by atoms with Crippen LogP contribution < -0.4 is 0 Å². The van der Waals surface area contributed by atoms with Crippen molar-refractivity contribution < 1.29 is 13.9 Å². The van der Waals surface area contributed by atoms with Crippen LogP contribution in [-0.2, 0) is 21.4 Å². The minimum Gasteiger partial charge on any atom is -0.465 e. The van der Waals surface area contributed by atoms with E-state index in [0.717, 1.165) is 43.2 Å². The molecule has 2 aromatic rings. The van der Waals surface area contributed by atoms with Gasteiger partial charge in [0, 0.05) is 12.4 Å². The smallest absolute Gasteiger partial charge is 0.316 e. The number of rotatable bonds is 6. The molecule has 0 aliphatic heterocycles. The first kappa shape index (κ1) is 15.7. The predicted octanol–water partition coefficient (Wildman–Crippen LogP) is 3.82.